The van der Waals surface area contributed by atoms with Crippen LogP contribution in [0.4, 0.5) is 10.5 Å². The Morgan fingerprint density at radius 1 is 1.05 bits per heavy atom. The number of carbonyl (C=O) groups excluding carboxylic acids is 3. The Morgan fingerprint density at radius 2 is 1.68 bits per heavy atom. The Balaban J connectivity index is 2.53. The molecule has 0 aliphatic heterocycles. The van der Waals surface area contributed by atoms with Crippen LogP contribution in [0.2, 0.25) is 0 Å². The number of nitrogens with one attached hydrogen (secondary N) is 2. The van der Waals surface area contributed by atoms with Crippen molar-refractivity contribution in [2.45, 2.75) is 72.6 Å². The molecule has 0 spiro atoms. The van der Waals surface area contributed by atoms with E-state index in [1.54, 1.807) is 58.0 Å². The number of benzene rings is 2. The summed E-state index contributed by atoms with van der Waals surface area (Å²) in [4.78, 5) is 40.9. The lowest BCUT2D eigenvalue weighted by atomic mass is 9.97. The summed E-state index contributed by atoms with van der Waals surface area (Å²) < 4.78 is 5.34. The van der Waals surface area contributed by atoms with E-state index in [2.05, 4.69) is 16.7 Å². The lowest BCUT2D eigenvalue weighted by Gasteiger charge is -2.31. The fourth-order valence-corrected chi connectivity index (χ4v) is 3.79. The van der Waals surface area contributed by atoms with Gasteiger partial charge >= 0.3 is 6.09 Å². The number of phenols is 1. The summed E-state index contributed by atoms with van der Waals surface area (Å²) in [5.74, 6) is -1.42. The predicted molar refractivity (Wildman–Crippen MR) is 144 cm³/mol. The normalized spacial score (nSPS) is 12.7. The summed E-state index contributed by atoms with van der Waals surface area (Å²) in [6.45, 7) is 12.5. The lowest BCUT2D eigenvalue weighted by Crippen LogP contribution is -2.51. The minimum atomic E-state index is -1.37. The molecule has 8 heteroatoms. The zero-order valence-corrected chi connectivity index (χ0v) is 22.6. The van der Waals surface area contributed by atoms with Gasteiger partial charge in [0.1, 0.15) is 17.4 Å². The standard InChI is InChI=1S/C29H37N3O5/c1-9-32(27(35)23(17-18(2)3)31-28(36)37-29(6,7)8)24(21-15-12-14-20(5)25(21)33)26(34)30-22-16-11-10-13-19(22)4/h1,10-16,18,23-24,33H,17H2,2-8H3,(H,30,34)(H,31,36). The number of phenolic OH excluding ortho intramolecular Hbond substituents is 1. The van der Waals surface area contributed by atoms with Crippen LogP contribution in [0.15, 0.2) is 42.5 Å². The average molecular weight is 508 g/mol. The van der Waals surface area contributed by atoms with Gasteiger partial charge in [0.15, 0.2) is 6.04 Å². The summed E-state index contributed by atoms with van der Waals surface area (Å²) in [5.41, 5.74) is 1.26. The number of rotatable bonds is 8. The van der Waals surface area contributed by atoms with E-state index in [1.807, 2.05) is 32.9 Å². The highest BCUT2D eigenvalue weighted by molar-refractivity contribution is 6.00. The predicted octanol–water partition coefficient (Wildman–Crippen LogP) is 5.05. The van der Waals surface area contributed by atoms with Gasteiger partial charge in [-0.2, -0.15) is 0 Å². The van der Waals surface area contributed by atoms with Crippen molar-refractivity contribution in [3.8, 4) is 18.2 Å². The lowest BCUT2D eigenvalue weighted by molar-refractivity contribution is -0.137. The first-order valence-electron chi connectivity index (χ1n) is 12.2. The number of terminal acetylenes is 1. The fraction of sp³-hybridized carbons (Fsp3) is 0.414. The summed E-state index contributed by atoms with van der Waals surface area (Å²) in [6.07, 6.45) is 5.29. The van der Waals surface area contributed by atoms with Crippen LogP contribution in [0, 0.1) is 32.2 Å². The maximum atomic E-state index is 13.8. The molecule has 0 aliphatic rings. The summed E-state index contributed by atoms with van der Waals surface area (Å²) in [5, 5.41) is 16.3. The number of carbonyl (C=O) groups is 3. The molecule has 198 valence electrons. The van der Waals surface area contributed by atoms with Gasteiger partial charge in [0.2, 0.25) is 0 Å². The molecular formula is C29H37N3O5. The van der Waals surface area contributed by atoms with Crippen LogP contribution in [-0.4, -0.2) is 39.6 Å². The molecule has 0 saturated heterocycles. The smallest absolute Gasteiger partial charge is 0.408 e. The SMILES string of the molecule is C#CN(C(=O)C(CC(C)C)NC(=O)OC(C)(C)C)C(C(=O)Nc1ccccc1C)c1cccc(C)c1O. The minimum absolute atomic E-state index is 0.00938. The Kier molecular flexibility index (Phi) is 9.73. The largest absolute Gasteiger partial charge is 0.507 e. The quantitative estimate of drug-likeness (QED) is 0.342. The van der Waals surface area contributed by atoms with Crippen molar-refractivity contribution in [3.05, 3.63) is 59.2 Å². The number of nitrogens with zero attached hydrogens (tertiary/aromatic N) is 1. The third kappa shape index (κ3) is 8.01. The third-order valence-electron chi connectivity index (χ3n) is 5.55. The van der Waals surface area contributed by atoms with E-state index >= 15 is 0 Å². The highest BCUT2D eigenvalue weighted by atomic mass is 16.6. The minimum Gasteiger partial charge on any atom is -0.507 e. The summed E-state index contributed by atoms with van der Waals surface area (Å²) in [7, 11) is 0. The average Bonchev–Trinajstić information content (AvgIpc) is 2.78. The fourth-order valence-electron chi connectivity index (χ4n) is 3.79. The number of aryl methyl sites for hydroxylation is 2. The molecule has 0 heterocycles. The van der Waals surface area contributed by atoms with Gasteiger partial charge < -0.3 is 20.5 Å². The van der Waals surface area contributed by atoms with E-state index in [0.717, 1.165) is 10.5 Å². The maximum absolute atomic E-state index is 13.8. The van der Waals surface area contributed by atoms with Crippen LogP contribution < -0.4 is 10.6 Å². The van der Waals surface area contributed by atoms with E-state index < -0.39 is 35.6 Å². The number of ether oxygens (including phenoxy) is 1. The molecule has 0 radical (unpaired) electrons. The van der Waals surface area contributed by atoms with Gasteiger partial charge in [0, 0.05) is 17.3 Å². The van der Waals surface area contributed by atoms with Crippen molar-refractivity contribution < 1.29 is 24.2 Å². The molecule has 0 aromatic heterocycles. The molecule has 2 aromatic rings. The number of anilines is 1. The Morgan fingerprint density at radius 3 is 2.24 bits per heavy atom. The summed E-state index contributed by atoms with van der Waals surface area (Å²) in [6, 6.07) is 12.0. The monoisotopic (exact) mass is 507 g/mol. The molecule has 8 nitrogen and oxygen atoms in total. The molecule has 0 bridgehead atoms. The Bertz CT molecular complexity index is 1180. The van der Waals surface area contributed by atoms with E-state index in [9.17, 15) is 19.5 Å². The number of aromatic hydroxyl groups is 1. The van der Waals surface area contributed by atoms with Crippen molar-refractivity contribution in [1.82, 2.24) is 10.2 Å². The van der Waals surface area contributed by atoms with Gasteiger partial charge in [-0.15, -0.1) is 0 Å². The molecule has 2 aromatic carbocycles. The molecule has 2 unspecified atom stereocenters. The van der Waals surface area contributed by atoms with E-state index in [4.69, 9.17) is 11.2 Å². The highest BCUT2D eigenvalue weighted by Gasteiger charge is 2.37. The van der Waals surface area contributed by atoms with Crippen molar-refractivity contribution in [2.75, 3.05) is 5.32 Å². The van der Waals surface area contributed by atoms with Gasteiger partial charge in [-0.05, 0) is 64.2 Å². The van der Waals surface area contributed by atoms with Crippen molar-refractivity contribution in [1.29, 1.82) is 0 Å². The zero-order chi connectivity index (χ0) is 27.9. The van der Waals surface area contributed by atoms with Gasteiger partial charge in [-0.25, -0.2) is 4.79 Å². The molecule has 0 fully saturated rings. The van der Waals surface area contributed by atoms with E-state index in [-0.39, 0.29) is 23.7 Å². The molecular weight excluding hydrogens is 470 g/mol. The molecule has 3 N–H and O–H groups in total. The Hall–Kier alpha value is -3.99. The van der Waals surface area contributed by atoms with Gasteiger partial charge in [-0.3, -0.25) is 14.5 Å². The zero-order valence-electron chi connectivity index (χ0n) is 22.6. The van der Waals surface area contributed by atoms with Crippen molar-refractivity contribution in [3.63, 3.8) is 0 Å². The van der Waals surface area contributed by atoms with E-state index in [0.29, 0.717) is 11.3 Å². The van der Waals surface area contributed by atoms with Gasteiger partial charge in [0.25, 0.3) is 11.8 Å². The topological polar surface area (TPSA) is 108 Å². The number of amides is 3. The molecule has 0 saturated carbocycles. The van der Waals surface area contributed by atoms with Crippen LogP contribution in [0.25, 0.3) is 0 Å². The number of alkyl carbamates (subject to hydrolysis) is 1. The van der Waals surface area contributed by atoms with Crippen LogP contribution in [0.1, 0.15) is 63.8 Å². The van der Waals surface area contributed by atoms with Gasteiger partial charge in [-0.1, -0.05) is 56.7 Å². The first-order valence-corrected chi connectivity index (χ1v) is 12.2. The molecule has 2 rings (SSSR count). The second-order valence-electron chi connectivity index (χ2n) is 10.4. The second kappa shape index (κ2) is 12.3. The highest BCUT2D eigenvalue weighted by Crippen LogP contribution is 2.33. The molecule has 37 heavy (non-hydrogen) atoms. The van der Waals surface area contributed by atoms with Crippen LogP contribution in [-0.2, 0) is 14.3 Å². The van der Waals surface area contributed by atoms with Gasteiger partial charge in [0.05, 0.1) is 0 Å². The second-order valence-corrected chi connectivity index (χ2v) is 10.4. The first-order chi connectivity index (χ1) is 17.2. The third-order valence-corrected chi connectivity index (χ3v) is 5.55. The van der Waals surface area contributed by atoms with Crippen LogP contribution in [0.3, 0.4) is 0 Å². The van der Waals surface area contributed by atoms with Crippen LogP contribution in [0.5, 0.6) is 5.75 Å². The van der Waals surface area contributed by atoms with Crippen LogP contribution >= 0.6 is 0 Å². The summed E-state index contributed by atoms with van der Waals surface area (Å²) >= 11 is 0. The van der Waals surface area contributed by atoms with Crippen molar-refractivity contribution in [2.24, 2.45) is 5.92 Å². The molecule has 3 amide bonds. The van der Waals surface area contributed by atoms with E-state index in [1.165, 1.54) is 0 Å². The number of para-hydroxylation sites is 2. The van der Waals surface area contributed by atoms with Crippen molar-refractivity contribution >= 4 is 23.6 Å². The maximum Gasteiger partial charge on any atom is 0.408 e. The first kappa shape index (κ1) is 29.2. The molecule has 0 aliphatic carbocycles. The number of hydrogen-bond acceptors (Lipinski definition) is 5. The Labute approximate surface area is 219 Å². The number of hydrogen-bond donors (Lipinski definition) is 3. The molecule has 2 atom stereocenters.